The first kappa shape index (κ1) is 12.0. The molecule has 0 amide bonds. The minimum absolute atomic E-state index is 0.339. The van der Waals surface area contributed by atoms with Crippen LogP contribution in [0.3, 0.4) is 0 Å². The van der Waals surface area contributed by atoms with Crippen molar-refractivity contribution in [1.29, 1.82) is 0 Å². The number of fused-ring (bicyclic) bond motifs is 1. The number of quaternary nitrogens is 1. The van der Waals surface area contributed by atoms with Crippen LogP contribution in [0.25, 0.3) is 0 Å². The van der Waals surface area contributed by atoms with E-state index in [1.54, 1.807) is 6.20 Å². The maximum Gasteiger partial charge on any atom is 0.231 e. The van der Waals surface area contributed by atoms with E-state index < -0.39 is 0 Å². The third-order valence-electron chi connectivity index (χ3n) is 3.18. The summed E-state index contributed by atoms with van der Waals surface area (Å²) in [5.41, 5.74) is 2.54. The van der Waals surface area contributed by atoms with Gasteiger partial charge in [-0.05, 0) is 23.8 Å². The van der Waals surface area contributed by atoms with Crippen molar-refractivity contribution in [3.63, 3.8) is 0 Å². The van der Waals surface area contributed by atoms with Crippen LogP contribution in [0, 0.1) is 0 Å². The molecule has 1 aromatic carbocycles. The van der Waals surface area contributed by atoms with E-state index in [0.29, 0.717) is 6.79 Å². The number of aromatic nitrogens is 1. The Hall–Kier alpha value is -2.07. The van der Waals surface area contributed by atoms with Crippen LogP contribution in [0.4, 0.5) is 0 Å². The molecule has 98 valence electrons. The molecule has 2 heterocycles. The zero-order valence-corrected chi connectivity index (χ0v) is 10.7. The van der Waals surface area contributed by atoms with Crippen molar-refractivity contribution in [2.75, 3.05) is 13.3 Å². The van der Waals surface area contributed by atoms with Gasteiger partial charge in [0.15, 0.2) is 11.5 Å². The molecule has 4 heteroatoms. The molecule has 2 N–H and O–H groups in total. The van der Waals surface area contributed by atoms with E-state index >= 15 is 0 Å². The van der Waals surface area contributed by atoms with E-state index in [4.69, 9.17) is 9.47 Å². The Morgan fingerprint density at radius 2 is 2.05 bits per heavy atom. The lowest BCUT2D eigenvalue weighted by Gasteiger charge is -2.03. The minimum atomic E-state index is 0.339. The Balaban J connectivity index is 1.48. The quantitative estimate of drug-likeness (QED) is 0.816. The Bertz CT molecular complexity index is 543. The zero-order chi connectivity index (χ0) is 12.9. The first-order valence-corrected chi connectivity index (χ1v) is 6.51. The molecule has 0 radical (unpaired) electrons. The number of benzene rings is 1. The predicted molar refractivity (Wildman–Crippen MR) is 71.0 cm³/mol. The predicted octanol–water partition coefficient (Wildman–Crippen LogP) is 1.12. The molecule has 4 nitrogen and oxygen atoms in total. The molecule has 19 heavy (non-hydrogen) atoms. The maximum absolute atomic E-state index is 5.37. The van der Waals surface area contributed by atoms with Gasteiger partial charge >= 0.3 is 0 Å². The summed E-state index contributed by atoms with van der Waals surface area (Å²) in [7, 11) is 0. The molecule has 1 aliphatic rings. The molecule has 1 aliphatic heterocycles. The first-order valence-electron chi connectivity index (χ1n) is 6.51. The zero-order valence-electron chi connectivity index (χ0n) is 10.7. The van der Waals surface area contributed by atoms with Crippen molar-refractivity contribution in [2.24, 2.45) is 0 Å². The van der Waals surface area contributed by atoms with Crippen molar-refractivity contribution in [2.45, 2.75) is 13.0 Å². The number of pyridine rings is 1. The fourth-order valence-corrected chi connectivity index (χ4v) is 2.15. The van der Waals surface area contributed by atoms with Crippen LogP contribution in [0.1, 0.15) is 11.1 Å². The number of hydrogen-bond acceptors (Lipinski definition) is 3. The van der Waals surface area contributed by atoms with Crippen LogP contribution in [-0.4, -0.2) is 18.3 Å². The summed E-state index contributed by atoms with van der Waals surface area (Å²) in [6.45, 7) is 2.36. The topological polar surface area (TPSA) is 48.0 Å². The SMILES string of the molecule is c1cncc(C[NH2+]CCc2ccc3c(c2)OCO3)c1. The molecule has 0 bridgehead atoms. The molecule has 0 atom stereocenters. The van der Waals surface area contributed by atoms with Crippen LogP contribution in [0.2, 0.25) is 0 Å². The van der Waals surface area contributed by atoms with Gasteiger partial charge in [0.05, 0.1) is 6.54 Å². The number of ether oxygens (including phenoxy) is 2. The van der Waals surface area contributed by atoms with E-state index in [-0.39, 0.29) is 0 Å². The van der Waals surface area contributed by atoms with Crippen molar-refractivity contribution in [3.05, 3.63) is 53.9 Å². The molecule has 3 rings (SSSR count). The molecular weight excluding hydrogens is 240 g/mol. The van der Waals surface area contributed by atoms with Gasteiger partial charge in [0.2, 0.25) is 6.79 Å². The molecule has 0 saturated heterocycles. The molecular formula is C15H17N2O2+. The highest BCUT2D eigenvalue weighted by Gasteiger charge is 2.12. The van der Waals surface area contributed by atoms with Gasteiger partial charge in [-0.1, -0.05) is 12.1 Å². The lowest BCUT2D eigenvalue weighted by molar-refractivity contribution is -0.670. The van der Waals surface area contributed by atoms with Crippen molar-refractivity contribution in [3.8, 4) is 11.5 Å². The summed E-state index contributed by atoms with van der Waals surface area (Å²) in [5.74, 6) is 1.72. The Labute approximate surface area is 112 Å². The van der Waals surface area contributed by atoms with E-state index in [9.17, 15) is 0 Å². The third kappa shape index (κ3) is 3.03. The number of nitrogens with zero attached hydrogens (tertiary/aromatic N) is 1. The summed E-state index contributed by atoms with van der Waals surface area (Å²) >= 11 is 0. The van der Waals surface area contributed by atoms with Crippen molar-refractivity contribution in [1.82, 2.24) is 4.98 Å². The standard InChI is InChI=1S/C15H16N2O2/c1-2-13(9-16-6-1)10-17-7-5-12-3-4-14-15(8-12)19-11-18-14/h1-4,6,8-9,17H,5,7,10-11H2/p+1. The second-order valence-electron chi connectivity index (χ2n) is 4.58. The number of rotatable bonds is 5. The van der Waals surface area contributed by atoms with E-state index in [1.165, 1.54) is 11.1 Å². The molecule has 1 aromatic heterocycles. The third-order valence-corrected chi connectivity index (χ3v) is 3.18. The van der Waals surface area contributed by atoms with Gasteiger partial charge in [0.1, 0.15) is 6.54 Å². The Morgan fingerprint density at radius 3 is 2.95 bits per heavy atom. The van der Waals surface area contributed by atoms with E-state index in [1.807, 2.05) is 18.3 Å². The van der Waals surface area contributed by atoms with Crippen LogP contribution in [-0.2, 0) is 13.0 Å². The fourth-order valence-electron chi connectivity index (χ4n) is 2.15. The van der Waals surface area contributed by atoms with Crippen molar-refractivity contribution >= 4 is 0 Å². The number of hydrogen-bond donors (Lipinski definition) is 1. The summed E-state index contributed by atoms with van der Waals surface area (Å²) in [6, 6.07) is 10.2. The molecule has 2 aromatic rings. The van der Waals surface area contributed by atoms with Crippen LogP contribution >= 0.6 is 0 Å². The summed E-state index contributed by atoms with van der Waals surface area (Å²) in [6.07, 6.45) is 4.74. The monoisotopic (exact) mass is 257 g/mol. The molecule has 0 fully saturated rings. The lowest BCUT2D eigenvalue weighted by atomic mass is 10.1. The average molecular weight is 257 g/mol. The molecule has 0 spiro atoms. The molecule has 0 unspecified atom stereocenters. The maximum atomic E-state index is 5.37. The summed E-state index contributed by atoms with van der Waals surface area (Å²) < 4.78 is 10.7. The smallest absolute Gasteiger partial charge is 0.231 e. The van der Waals surface area contributed by atoms with Gasteiger partial charge in [-0.2, -0.15) is 0 Å². The van der Waals surface area contributed by atoms with Crippen LogP contribution < -0.4 is 14.8 Å². The highest BCUT2D eigenvalue weighted by atomic mass is 16.7. The summed E-state index contributed by atoms with van der Waals surface area (Å²) in [5, 5.41) is 2.29. The van der Waals surface area contributed by atoms with Gasteiger partial charge in [-0.15, -0.1) is 0 Å². The van der Waals surface area contributed by atoms with E-state index in [0.717, 1.165) is 31.0 Å². The Kier molecular flexibility index (Phi) is 3.61. The Morgan fingerprint density at radius 1 is 1.11 bits per heavy atom. The second-order valence-corrected chi connectivity index (χ2v) is 4.58. The van der Waals surface area contributed by atoms with Gasteiger partial charge in [-0.25, -0.2) is 0 Å². The lowest BCUT2D eigenvalue weighted by Crippen LogP contribution is -2.83. The van der Waals surface area contributed by atoms with Gasteiger partial charge in [-0.3, -0.25) is 4.98 Å². The highest BCUT2D eigenvalue weighted by molar-refractivity contribution is 5.44. The molecule has 0 saturated carbocycles. The first-order chi connectivity index (χ1) is 9.42. The average Bonchev–Trinajstić information content (AvgIpc) is 2.92. The van der Waals surface area contributed by atoms with Gasteiger partial charge in [0, 0.05) is 24.4 Å². The van der Waals surface area contributed by atoms with Gasteiger partial charge < -0.3 is 14.8 Å². The minimum Gasteiger partial charge on any atom is -0.454 e. The fraction of sp³-hybridized carbons (Fsp3) is 0.267. The number of nitrogens with two attached hydrogens (primary N) is 1. The van der Waals surface area contributed by atoms with Crippen LogP contribution in [0.5, 0.6) is 11.5 Å². The van der Waals surface area contributed by atoms with Gasteiger partial charge in [0.25, 0.3) is 0 Å². The van der Waals surface area contributed by atoms with Crippen LogP contribution in [0.15, 0.2) is 42.7 Å². The van der Waals surface area contributed by atoms with Crippen molar-refractivity contribution < 1.29 is 14.8 Å². The second kappa shape index (κ2) is 5.71. The molecule has 0 aliphatic carbocycles. The van der Waals surface area contributed by atoms with E-state index in [2.05, 4.69) is 28.5 Å². The summed E-state index contributed by atoms with van der Waals surface area (Å²) in [4.78, 5) is 4.11. The normalized spacial score (nSPS) is 12.6. The highest BCUT2D eigenvalue weighted by Crippen LogP contribution is 2.32. The largest absolute Gasteiger partial charge is 0.454 e.